The average Bonchev–Trinajstić information content (AvgIpc) is 2.03. The van der Waals surface area contributed by atoms with E-state index in [-0.39, 0.29) is 0 Å². The van der Waals surface area contributed by atoms with E-state index in [2.05, 4.69) is 13.8 Å². The molecule has 4 heteroatoms. The smallest absolute Gasteiger partial charge is 0.306 e. The molecule has 0 amide bonds. The van der Waals surface area contributed by atoms with Gasteiger partial charge >= 0.3 is 7.60 Å². The Bertz CT molecular complexity index is 201. The summed E-state index contributed by atoms with van der Waals surface area (Å²) in [6.45, 7) is 8.64. The molecule has 3 nitrogen and oxygen atoms in total. The van der Waals surface area contributed by atoms with Crippen LogP contribution in [0, 0.1) is 5.92 Å². The van der Waals surface area contributed by atoms with Gasteiger partial charge in [0.05, 0.1) is 13.2 Å². The molecule has 0 aliphatic heterocycles. The molecule has 0 aromatic carbocycles. The van der Waals surface area contributed by atoms with Crippen LogP contribution < -0.4 is 0 Å². The van der Waals surface area contributed by atoms with Crippen LogP contribution in [0.15, 0.2) is 11.9 Å². The standard InChI is InChI=1S/C10H21O3P/c1-5-12-14(11,13-6-2)9-7-8-10(3)4/h7,9-10H,5-6,8H2,1-4H3/b9-7+. The molecule has 0 spiro atoms. The van der Waals surface area contributed by atoms with Crippen LogP contribution in [0.2, 0.25) is 0 Å². The molecule has 0 aliphatic carbocycles. The predicted molar refractivity (Wildman–Crippen MR) is 59.5 cm³/mol. The van der Waals surface area contributed by atoms with Crippen molar-refractivity contribution in [1.82, 2.24) is 0 Å². The largest absolute Gasteiger partial charge is 0.353 e. The number of hydrogen-bond acceptors (Lipinski definition) is 3. The zero-order chi connectivity index (χ0) is 11.0. The topological polar surface area (TPSA) is 35.5 Å². The molecule has 84 valence electrons. The molecule has 0 radical (unpaired) electrons. The zero-order valence-corrected chi connectivity index (χ0v) is 10.4. The summed E-state index contributed by atoms with van der Waals surface area (Å²) in [7, 11) is -2.96. The van der Waals surface area contributed by atoms with Gasteiger partial charge in [-0.2, -0.15) is 0 Å². The van der Waals surface area contributed by atoms with E-state index in [1.54, 1.807) is 5.82 Å². The summed E-state index contributed by atoms with van der Waals surface area (Å²) in [6.07, 6.45) is 2.76. The summed E-state index contributed by atoms with van der Waals surface area (Å²) < 4.78 is 22.1. The third-order valence-electron chi connectivity index (χ3n) is 1.51. The van der Waals surface area contributed by atoms with Gasteiger partial charge in [-0.05, 0) is 26.2 Å². The number of rotatable bonds is 7. The van der Waals surface area contributed by atoms with Crippen molar-refractivity contribution in [1.29, 1.82) is 0 Å². The first kappa shape index (κ1) is 13.9. The van der Waals surface area contributed by atoms with Gasteiger partial charge in [-0.25, -0.2) is 0 Å². The molecule has 0 aromatic rings. The molecule has 0 N–H and O–H groups in total. The van der Waals surface area contributed by atoms with E-state index >= 15 is 0 Å². The molecule has 0 atom stereocenters. The summed E-state index contributed by atoms with van der Waals surface area (Å²) in [6, 6.07) is 0. The second kappa shape index (κ2) is 7.22. The Morgan fingerprint density at radius 3 is 2.07 bits per heavy atom. The van der Waals surface area contributed by atoms with Crippen molar-refractivity contribution in [2.75, 3.05) is 13.2 Å². The predicted octanol–water partition coefficient (Wildman–Crippen LogP) is 3.81. The Morgan fingerprint density at radius 1 is 1.21 bits per heavy atom. The molecule has 0 saturated carbocycles. The quantitative estimate of drug-likeness (QED) is 0.612. The molecule has 0 heterocycles. The lowest BCUT2D eigenvalue weighted by Gasteiger charge is -2.12. The van der Waals surface area contributed by atoms with Crippen molar-refractivity contribution in [3.05, 3.63) is 11.9 Å². The molecule has 14 heavy (non-hydrogen) atoms. The summed E-state index contributed by atoms with van der Waals surface area (Å²) in [5.74, 6) is 2.13. The maximum Gasteiger partial charge on any atom is 0.353 e. The van der Waals surface area contributed by atoms with Gasteiger partial charge in [0, 0.05) is 5.82 Å². The lowest BCUT2D eigenvalue weighted by Crippen LogP contribution is -1.93. The molecule has 0 aliphatic rings. The van der Waals surface area contributed by atoms with Gasteiger partial charge in [-0.15, -0.1) is 0 Å². The minimum Gasteiger partial charge on any atom is -0.306 e. The molecular weight excluding hydrogens is 199 g/mol. The molecule has 0 bridgehead atoms. The Hall–Kier alpha value is -0.110. The van der Waals surface area contributed by atoms with Crippen molar-refractivity contribution in [3.8, 4) is 0 Å². The van der Waals surface area contributed by atoms with Crippen LogP contribution in [0.5, 0.6) is 0 Å². The van der Waals surface area contributed by atoms with E-state index in [9.17, 15) is 4.57 Å². The number of hydrogen-bond donors (Lipinski definition) is 0. The highest BCUT2D eigenvalue weighted by molar-refractivity contribution is 7.57. The Labute approximate surface area is 87.0 Å². The van der Waals surface area contributed by atoms with Crippen molar-refractivity contribution in [3.63, 3.8) is 0 Å². The fraction of sp³-hybridized carbons (Fsp3) is 0.800. The summed E-state index contributed by atoms with van der Waals surface area (Å²) in [5.41, 5.74) is 0. The van der Waals surface area contributed by atoms with Crippen LogP contribution in [-0.4, -0.2) is 13.2 Å². The van der Waals surface area contributed by atoms with Crippen molar-refractivity contribution in [2.45, 2.75) is 34.1 Å². The fourth-order valence-corrected chi connectivity index (χ4v) is 2.29. The fourth-order valence-electron chi connectivity index (χ4n) is 0.945. The van der Waals surface area contributed by atoms with Gasteiger partial charge in [0.15, 0.2) is 0 Å². The second-order valence-corrected chi connectivity index (χ2v) is 5.28. The van der Waals surface area contributed by atoms with Crippen LogP contribution >= 0.6 is 7.60 Å². The molecule has 0 fully saturated rings. The molecule has 0 aromatic heterocycles. The normalized spacial score (nSPS) is 12.9. The first-order valence-electron chi connectivity index (χ1n) is 5.10. The second-order valence-electron chi connectivity index (χ2n) is 3.39. The van der Waals surface area contributed by atoms with Gasteiger partial charge in [-0.3, -0.25) is 4.57 Å². The first-order chi connectivity index (χ1) is 6.54. The highest BCUT2D eigenvalue weighted by Gasteiger charge is 2.18. The van der Waals surface area contributed by atoms with Gasteiger partial charge < -0.3 is 9.05 Å². The van der Waals surface area contributed by atoms with Crippen molar-refractivity contribution < 1.29 is 13.6 Å². The lowest BCUT2D eigenvalue weighted by molar-refractivity contribution is 0.229. The van der Waals surface area contributed by atoms with E-state index < -0.39 is 7.60 Å². The van der Waals surface area contributed by atoms with E-state index in [1.165, 1.54) is 0 Å². The molecule has 0 saturated heterocycles. The Kier molecular flexibility index (Phi) is 7.16. The van der Waals surface area contributed by atoms with Crippen LogP contribution in [-0.2, 0) is 13.6 Å². The van der Waals surface area contributed by atoms with Crippen molar-refractivity contribution >= 4 is 7.60 Å². The van der Waals surface area contributed by atoms with Crippen molar-refractivity contribution in [2.24, 2.45) is 5.92 Å². The number of allylic oxidation sites excluding steroid dienone is 1. The third kappa shape index (κ3) is 6.36. The van der Waals surface area contributed by atoms with E-state index in [0.29, 0.717) is 19.1 Å². The monoisotopic (exact) mass is 220 g/mol. The maximum atomic E-state index is 11.9. The molecular formula is C10H21O3P. The summed E-state index contributed by atoms with van der Waals surface area (Å²) in [5, 5.41) is 0. The van der Waals surface area contributed by atoms with E-state index in [0.717, 1.165) is 6.42 Å². The highest BCUT2D eigenvalue weighted by atomic mass is 31.2. The highest BCUT2D eigenvalue weighted by Crippen LogP contribution is 2.49. The van der Waals surface area contributed by atoms with E-state index in [4.69, 9.17) is 9.05 Å². The average molecular weight is 220 g/mol. The Morgan fingerprint density at radius 2 is 1.71 bits per heavy atom. The SMILES string of the molecule is CCOP(=O)(/C=C/CC(C)C)OCC. The van der Waals surface area contributed by atoms with Crippen LogP contribution in [0.1, 0.15) is 34.1 Å². The maximum absolute atomic E-state index is 11.9. The van der Waals surface area contributed by atoms with Gasteiger partial charge in [0.2, 0.25) is 0 Å². The molecule has 0 rings (SSSR count). The Balaban J connectivity index is 4.21. The van der Waals surface area contributed by atoms with Crippen LogP contribution in [0.25, 0.3) is 0 Å². The third-order valence-corrected chi connectivity index (χ3v) is 3.33. The minimum atomic E-state index is -2.96. The summed E-state index contributed by atoms with van der Waals surface area (Å²) in [4.78, 5) is 0. The minimum absolute atomic E-state index is 0.406. The zero-order valence-electron chi connectivity index (χ0n) is 9.53. The van der Waals surface area contributed by atoms with E-state index in [1.807, 2.05) is 19.9 Å². The van der Waals surface area contributed by atoms with Crippen LogP contribution in [0.4, 0.5) is 0 Å². The molecule has 0 unspecified atom stereocenters. The van der Waals surface area contributed by atoms with Crippen LogP contribution in [0.3, 0.4) is 0 Å². The first-order valence-corrected chi connectivity index (χ1v) is 6.71. The van der Waals surface area contributed by atoms with Gasteiger partial charge in [-0.1, -0.05) is 19.9 Å². The van der Waals surface area contributed by atoms with Gasteiger partial charge in [0.25, 0.3) is 0 Å². The van der Waals surface area contributed by atoms with Gasteiger partial charge in [0.1, 0.15) is 0 Å². The summed E-state index contributed by atoms with van der Waals surface area (Å²) >= 11 is 0. The lowest BCUT2D eigenvalue weighted by atomic mass is 10.1.